The number of aromatic nitrogens is 1. The Bertz CT molecular complexity index is 418. The van der Waals surface area contributed by atoms with E-state index in [4.69, 9.17) is 0 Å². The summed E-state index contributed by atoms with van der Waals surface area (Å²) in [5, 5.41) is 2.99. The Labute approximate surface area is 116 Å². The van der Waals surface area contributed by atoms with Crippen LogP contribution in [-0.4, -0.2) is 41.5 Å². The number of carbonyl (C=O) groups is 1. The molecule has 0 spiro atoms. The van der Waals surface area contributed by atoms with Gasteiger partial charge in [0.1, 0.15) is 5.69 Å². The SMILES string of the molecule is CC(CN1CCCC1)NC(=O)c1ncccc1Br. The van der Waals surface area contributed by atoms with Gasteiger partial charge in [-0.3, -0.25) is 4.79 Å². The van der Waals surface area contributed by atoms with E-state index in [1.54, 1.807) is 12.3 Å². The van der Waals surface area contributed by atoms with Crippen molar-refractivity contribution in [1.29, 1.82) is 0 Å². The summed E-state index contributed by atoms with van der Waals surface area (Å²) in [5.74, 6) is -0.117. The summed E-state index contributed by atoms with van der Waals surface area (Å²) in [6.07, 6.45) is 4.17. The van der Waals surface area contributed by atoms with E-state index >= 15 is 0 Å². The van der Waals surface area contributed by atoms with Crippen LogP contribution in [0, 0.1) is 0 Å². The summed E-state index contributed by atoms with van der Waals surface area (Å²) in [7, 11) is 0. The largest absolute Gasteiger partial charge is 0.347 e. The monoisotopic (exact) mass is 311 g/mol. The molecule has 0 saturated carbocycles. The molecule has 0 radical (unpaired) electrons. The summed E-state index contributed by atoms with van der Waals surface area (Å²) >= 11 is 3.34. The van der Waals surface area contributed by atoms with Crippen LogP contribution in [0.25, 0.3) is 0 Å². The highest BCUT2D eigenvalue weighted by molar-refractivity contribution is 9.10. The fourth-order valence-electron chi connectivity index (χ4n) is 2.24. The number of hydrogen-bond donors (Lipinski definition) is 1. The van der Waals surface area contributed by atoms with E-state index in [0.29, 0.717) is 5.69 Å². The second kappa shape index (κ2) is 6.29. The number of amides is 1. The molecule has 1 aromatic rings. The lowest BCUT2D eigenvalue weighted by Gasteiger charge is -2.21. The minimum absolute atomic E-state index is 0.117. The fourth-order valence-corrected chi connectivity index (χ4v) is 2.68. The zero-order valence-corrected chi connectivity index (χ0v) is 12.1. The third-order valence-electron chi connectivity index (χ3n) is 3.08. The molecule has 2 heterocycles. The number of pyridine rings is 1. The normalized spacial score (nSPS) is 17.7. The molecule has 1 saturated heterocycles. The molecular formula is C13H18BrN3O. The molecule has 1 amide bonds. The molecule has 1 atom stereocenters. The second-order valence-corrected chi connectivity index (χ2v) is 5.57. The Hall–Kier alpha value is -0.940. The summed E-state index contributed by atoms with van der Waals surface area (Å²) < 4.78 is 0.732. The van der Waals surface area contributed by atoms with E-state index in [9.17, 15) is 4.79 Å². The maximum absolute atomic E-state index is 12.0. The Kier molecular flexibility index (Phi) is 4.72. The van der Waals surface area contributed by atoms with Gasteiger partial charge in [0.05, 0.1) is 0 Å². The molecule has 0 aliphatic carbocycles. The van der Waals surface area contributed by atoms with Crippen LogP contribution in [-0.2, 0) is 0 Å². The summed E-state index contributed by atoms with van der Waals surface area (Å²) in [5.41, 5.74) is 0.450. The first-order chi connectivity index (χ1) is 8.66. The Morgan fingerprint density at radius 1 is 1.56 bits per heavy atom. The predicted octanol–water partition coefficient (Wildman–Crippen LogP) is 2.06. The molecule has 98 valence electrons. The lowest BCUT2D eigenvalue weighted by molar-refractivity contribution is 0.0926. The average molecular weight is 312 g/mol. The molecule has 18 heavy (non-hydrogen) atoms. The Morgan fingerprint density at radius 2 is 2.28 bits per heavy atom. The summed E-state index contributed by atoms with van der Waals surface area (Å²) in [6, 6.07) is 3.77. The molecule has 2 rings (SSSR count). The molecule has 5 heteroatoms. The summed E-state index contributed by atoms with van der Waals surface area (Å²) in [4.78, 5) is 18.5. The zero-order valence-electron chi connectivity index (χ0n) is 10.5. The molecule has 1 N–H and O–H groups in total. The molecule has 1 unspecified atom stereocenters. The van der Waals surface area contributed by atoms with Gasteiger partial charge in [0.25, 0.3) is 5.91 Å². The highest BCUT2D eigenvalue weighted by atomic mass is 79.9. The molecule has 1 aliphatic rings. The molecule has 1 aliphatic heterocycles. The van der Waals surface area contributed by atoms with Crippen LogP contribution >= 0.6 is 15.9 Å². The number of nitrogens with zero attached hydrogens (tertiary/aromatic N) is 2. The van der Waals surface area contributed by atoms with Gasteiger partial charge in [0, 0.05) is 23.3 Å². The van der Waals surface area contributed by atoms with Gasteiger partial charge in [-0.2, -0.15) is 0 Å². The van der Waals surface area contributed by atoms with Crippen molar-refractivity contribution in [2.45, 2.75) is 25.8 Å². The van der Waals surface area contributed by atoms with Gasteiger partial charge in [-0.05, 0) is 60.9 Å². The van der Waals surface area contributed by atoms with Crippen LogP contribution in [0.5, 0.6) is 0 Å². The third-order valence-corrected chi connectivity index (χ3v) is 3.72. The van der Waals surface area contributed by atoms with Gasteiger partial charge >= 0.3 is 0 Å². The smallest absolute Gasteiger partial charge is 0.271 e. The van der Waals surface area contributed by atoms with Crippen LogP contribution in [0.3, 0.4) is 0 Å². The van der Waals surface area contributed by atoms with E-state index in [-0.39, 0.29) is 11.9 Å². The predicted molar refractivity (Wildman–Crippen MR) is 74.5 cm³/mol. The fraction of sp³-hybridized carbons (Fsp3) is 0.538. The van der Waals surface area contributed by atoms with Crippen LogP contribution in [0.15, 0.2) is 22.8 Å². The standard InChI is InChI=1S/C13H18BrN3O/c1-10(9-17-7-2-3-8-17)16-13(18)12-11(14)5-4-6-15-12/h4-6,10H,2-3,7-9H2,1H3,(H,16,18). The number of hydrogen-bond acceptors (Lipinski definition) is 3. The number of halogens is 1. The number of likely N-dealkylation sites (tertiary alicyclic amines) is 1. The van der Waals surface area contributed by atoms with Crippen LogP contribution in [0.1, 0.15) is 30.3 Å². The molecule has 0 aromatic carbocycles. The second-order valence-electron chi connectivity index (χ2n) is 4.72. The van der Waals surface area contributed by atoms with Gasteiger partial charge in [-0.1, -0.05) is 0 Å². The van der Waals surface area contributed by atoms with Gasteiger partial charge in [0.2, 0.25) is 0 Å². The third kappa shape index (κ3) is 3.53. The minimum atomic E-state index is -0.117. The van der Waals surface area contributed by atoms with Gasteiger partial charge < -0.3 is 10.2 Å². The maximum Gasteiger partial charge on any atom is 0.271 e. The lowest BCUT2D eigenvalue weighted by Crippen LogP contribution is -2.41. The van der Waals surface area contributed by atoms with Crippen molar-refractivity contribution in [3.63, 3.8) is 0 Å². The van der Waals surface area contributed by atoms with Crippen LogP contribution in [0.2, 0.25) is 0 Å². The molecular weight excluding hydrogens is 294 g/mol. The first-order valence-electron chi connectivity index (χ1n) is 6.30. The van der Waals surface area contributed by atoms with Crippen molar-refractivity contribution in [2.75, 3.05) is 19.6 Å². The number of carbonyl (C=O) groups excluding carboxylic acids is 1. The Morgan fingerprint density at radius 3 is 2.94 bits per heavy atom. The van der Waals surface area contributed by atoms with Crippen molar-refractivity contribution in [3.05, 3.63) is 28.5 Å². The van der Waals surface area contributed by atoms with Gasteiger partial charge in [-0.25, -0.2) is 4.98 Å². The van der Waals surface area contributed by atoms with Crippen LogP contribution < -0.4 is 5.32 Å². The van der Waals surface area contributed by atoms with E-state index in [0.717, 1.165) is 24.1 Å². The molecule has 4 nitrogen and oxygen atoms in total. The van der Waals surface area contributed by atoms with Crippen molar-refractivity contribution in [2.24, 2.45) is 0 Å². The van der Waals surface area contributed by atoms with Crippen LogP contribution in [0.4, 0.5) is 0 Å². The first-order valence-corrected chi connectivity index (χ1v) is 7.10. The van der Waals surface area contributed by atoms with Crippen molar-refractivity contribution in [3.8, 4) is 0 Å². The molecule has 1 aromatic heterocycles. The number of nitrogens with one attached hydrogen (secondary N) is 1. The van der Waals surface area contributed by atoms with E-state index in [1.165, 1.54) is 12.8 Å². The van der Waals surface area contributed by atoms with Crippen molar-refractivity contribution >= 4 is 21.8 Å². The topological polar surface area (TPSA) is 45.2 Å². The highest BCUT2D eigenvalue weighted by Gasteiger charge is 2.18. The minimum Gasteiger partial charge on any atom is -0.347 e. The van der Waals surface area contributed by atoms with E-state index < -0.39 is 0 Å². The van der Waals surface area contributed by atoms with Gasteiger partial charge in [0.15, 0.2) is 0 Å². The first kappa shape index (κ1) is 13.5. The average Bonchev–Trinajstić information content (AvgIpc) is 2.82. The summed E-state index contributed by atoms with van der Waals surface area (Å²) in [6.45, 7) is 5.24. The van der Waals surface area contributed by atoms with Gasteiger partial charge in [-0.15, -0.1) is 0 Å². The van der Waals surface area contributed by atoms with E-state index in [2.05, 4.69) is 31.1 Å². The van der Waals surface area contributed by atoms with E-state index in [1.807, 2.05) is 13.0 Å². The lowest BCUT2D eigenvalue weighted by atomic mass is 10.2. The van der Waals surface area contributed by atoms with Crippen molar-refractivity contribution < 1.29 is 4.79 Å². The van der Waals surface area contributed by atoms with Crippen molar-refractivity contribution in [1.82, 2.24) is 15.2 Å². The number of rotatable bonds is 4. The quantitative estimate of drug-likeness (QED) is 0.925. The molecule has 1 fully saturated rings. The zero-order chi connectivity index (χ0) is 13.0. The maximum atomic E-state index is 12.0. The Balaban J connectivity index is 1.88. The highest BCUT2D eigenvalue weighted by Crippen LogP contribution is 2.13. The molecule has 0 bridgehead atoms.